The van der Waals surface area contributed by atoms with Gasteiger partial charge < -0.3 is 4.74 Å². The predicted octanol–water partition coefficient (Wildman–Crippen LogP) is 3.31. The fourth-order valence-corrected chi connectivity index (χ4v) is 3.01. The van der Waals surface area contributed by atoms with E-state index >= 15 is 0 Å². The number of hydrogen-bond donors (Lipinski definition) is 0. The molecule has 2 aromatic carbocycles. The van der Waals surface area contributed by atoms with Crippen LogP contribution in [0.2, 0.25) is 0 Å². The van der Waals surface area contributed by atoms with Crippen molar-refractivity contribution in [2.45, 2.75) is 18.9 Å². The molecule has 0 aliphatic carbocycles. The summed E-state index contributed by atoms with van der Waals surface area (Å²) >= 11 is 0. The van der Waals surface area contributed by atoms with Crippen LogP contribution >= 0.6 is 0 Å². The number of carbonyl (C=O) groups excluding carboxylic acids is 2. The van der Waals surface area contributed by atoms with Gasteiger partial charge in [0.1, 0.15) is 6.04 Å². The Morgan fingerprint density at radius 2 is 1.95 bits per heavy atom. The van der Waals surface area contributed by atoms with E-state index in [9.17, 15) is 9.59 Å². The number of likely N-dealkylation sites (tertiary alicyclic amines) is 1. The van der Waals surface area contributed by atoms with Crippen molar-refractivity contribution < 1.29 is 14.3 Å². The topological polar surface area (TPSA) is 46.6 Å². The van der Waals surface area contributed by atoms with Crippen molar-refractivity contribution in [3.05, 3.63) is 48.0 Å². The van der Waals surface area contributed by atoms with Crippen LogP contribution in [0.5, 0.6) is 0 Å². The standard InChI is InChI=1S/C17H17NO3/c1-21-17(20)18-11-5-10-15(19)16(18)14-9-4-7-12-6-2-3-8-13(12)14/h2-4,6-9,16H,5,10-11H2,1H3. The average Bonchev–Trinajstić information content (AvgIpc) is 2.53. The number of rotatable bonds is 1. The lowest BCUT2D eigenvalue weighted by atomic mass is 9.91. The first kappa shape index (κ1) is 13.6. The van der Waals surface area contributed by atoms with Gasteiger partial charge in [0.2, 0.25) is 0 Å². The first-order valence-electron chi connectivity index (χ1n) is 7.07. The zero-order chi connectivity index (χ0) is 14.8. The smallest absolute Gasteiger partial charge is 0.410 e. The van der Waals surface area contributed by atoms with Gasteiger partial charge in [0.15, 0.2) is 5.78 Å². The first-order chi connectivity index (χ1) is 10.2. The van der Waals surface area contributed by atoms with E-state index in [1.165, 1.54) is 12.0 Å². The second-order valence-corrected chi connectivity index (χ2v) is 5.20. The summed E-state index contributed by atoms with van der Waals surface area (Å²) in [6.45, 7) is 0.548. The highest BCUT2D eigenvalue weighted by Gasteiger charge is 2.35. The summed E-state index contributed by atoms with van der Waals surface area (Å²) < 4.78 is 4.84. The molecule has 1 unspecified atom stereocenters. The lowest BCUT2D eigenvalue weighted by molar-refractivity contribution is -0.126. The molecule has 21 heavy (non-hydrogen) atoms. The summed E-state index contributed by atoms with van der Waals surface area (Å²) in [6.07, 6.45) is 0.748. The molecule has 4 nitrogen and oxygen atoms in total. The number of piperidine rings is 1. The van der Waals surface area contributed by atoms with Gasteiger partial charge in [0.05, 0.1) is 7.11 Å². The molecule has 0 N–H and O–H groups in total. The van der Waals surface area contributed by atoms with E-state index in [0.717, 1.165) is 16.3 Å². The average molecular weight is 283 g/mol. The molecule has 1 aliphatic heterocycles. The van der Waals surface area contributed by atoms with E-state index in [-0.39, 0.29) is 5.78 Å². The second kappa shape index (κ2) is 5.56. The molecule has 3 rings (SSSR count). The maximum absolute atomic E-state index is 12.4. The maximum atomic E-state index is 12.4. The number of fused-ring (bicyclic) bond motifs is 1. The van der Waals surface area contributed by atoms with Crippen molar-refractivity contribution in [3.8, 4) is 0 Å². The quantitative estimate of drug-likeness (QED) is 0.806. The summed E-state index contributed by atoms with van der Waals surface area (Å²) in [5.74, 6) is 0.0722. The number of Topliss-reactive ketones (excluding diaryl/α,β-unsaturated/α-hetero) is 1. The van der Waals surface area contributed by atoms with Crippen LogP contribution in [0.3, 0.4) is 0 Å². The molecule has 1 fully saturated rings. The van der Waals surface area contributed by atoms with Crippen molar-refractivity contribution in [2.24, 2.45) is 0 Å². The van der Waals surface area contributed by atoms with Crippen LogP contribution in [-0.2, 0) is 9.53 Å². The van der Waals surface area contributed by atoms with Crippen LogP contribution in [0.25, 0.3) is 10.8 Å². The van der Waals surface area contributed by atoms with Crippen molar-refractivity contribution >= 4 is 22.6 Å². The number of amides is 1. The van der Waals surface area contributed by atoms with E-state index in [2.05, 4.69) is 0 Å². The minimum absolute atomic E-state index is 0.0722. The molecule has 0 aromatic heterocycles. The monoisotopic (exact) mass is 283 g/mol. The van der Waals surface area contributed by atoms with Crippen molar-refractivity contribution in [2.75, 3.05) is 13.7 Å². The summed E-state index contributed by atoms with van der Waals surface area (Å²) in [4.78, 5) is 25.9. The summed E-state index contributed by atoms with van der Waals surface area (Å²) in [5.41, 5.74) is 0.878. The number of ketones is 1. The van der Waals surface area contributed by atoms with Gasteiger partial charge in [-0.3, -0.25) is 9.69 Å². The minimum Gasteiger partial charge on any atom is -0.453 e. The van der Waals surface area contributed by atoms with Gasteiger partial charge in [0, 0.05) is 13.0 Å². The highest BCUT2D eigenvalue weighted by atomic mass is 16.5. The molecule has 108 valence electrons. The van der Waals surface area contributed by atoms with Gasteiger partial charge in [-0.1, -0.05) is 42.5 Å². The molecule has 0 radical (unpaired) electrons. The third-order valence-corrected chi connectivity index (χ3v) is 3.97. The fourth-order valence-electron chi connectivity index (χ4n) is 3.01. The molecular formula is C17H17NO3. The number of carbonyl (C=O) groups is 2. The third-order valence-electron chi connectivity index (χ3n) is 3.97. The molecule has 1 aliphatic rings. The van der Waals surface area contributed by atoms with Crippen LogP contribution in [0, 0.1) is 0 Å². The Morgan fingerprint density at radius 3 is 2.76 bits per heavy atom. The van der Waals surface area contributed by atoms with E-state index in [1.54, 1.807) is 0 Å². The van der Waals surface area contributed by atoms with Crippen LogP contribution in [-0.4, -0.2) is 30.4 Å². The van der Waals surface area contributed by atoms with Gasteiger partial charge >= 0.3 is 6.09 Å². The van der Waals surface area contributed by atoms with Gasteiger partial charge in [0.25, 0.3) is 0 Å². The Morgan fingerprint density at radius 1 is 1.19 bits per heavy atom. The Bertz CT molecular complexity index is 690. The molecule has 2 aromatic rings. The molecule has 1 amide bonds. The number of ether oxygens (including phenoxy) is 1. The summed E-state index contributed by atoms with van der Waals surface area (Å²) in [5, 5.41) is 2.08. The van der Waals surface area contributed by atoms with Gasteiger partial charge in [-0.15, -0.1) is 0 Å². The van der Waals surface area contributed by atoms with E-state index < -0.39 is 12.1 Å². The molecule has 4 heteroatoms. The SMILES string of the molecule is COC(=O)N1CCCC(=O)C1c1cccc2ccccc12. The lowest BCUT2D eigenvalue weighted by Crippen LogP contribution is -2.43. The third kappa shape index (κ3) is 2.37. The number of nitrogens with zero attached hydrogens (tertiary/aromatic N) is 1. The zero-order valence-electron chi connectivity index (χ0n) is 11.9. The molecule has 0 saturated carbocycles. The van der Waals surface area contributed by atoms with Crippen molar-refractivity contribution in [3.63, 3.8) is 0 Å². The number of hydrogen-bond acceptors (Lipinski definition) is 3. The first-order valence-corrected chi connectivity index (χ1v) is 7.07. The Balaban J connectivity index is 2.13. The largest absolute Gasteiger partial charge is 0.453 e. The Kier molecular flexibility index (Phi) is 3.60. The molecule has 1 saturated heterocycles. The van der Waals surface area contributed by atoms with Crippen LogP contribution in [0.4, 0.5) is 4.79 Å². The lowest BCUT2D eigenvalue weighted by Gasteiger charge is -2.34. The predicted molar refractivity (Wildman–Crippen MR) is 80.0 cm³/mol. The van der Waals surface area contributed by atoms with Gasteiger partial charge in [-0.2, -0.15) is 0 Å². The van der Waals surface area contributed by atoms with E-state index in [0.29, 0.717) is 19.4 Å². The minimum atomic E-state index is -0.544. The van der Waals surface area contributed by atoms with Crippen molar-refractivity contribution in [1.82, 2.24) is 4.90 Å². The summed E-state index contributed by atoms with van der Waals surface area (Å²) in [6, 6.07) is 13.2. The van der Waals surface area contributed by atoms with Crippen LogP contribution in [0.15, 0.2) is 42.5 Å². The van der Waals surface area contributed by atoms with Crippen molar-refractivity contribution in [1.29, 1.82) is 0 Å². The molecule has 0 spiro atoms. The molecule has 1 atom stereocenters. The summed E-state index contributed by atoms with van der Waals surface area (Å²) in [7, 11) is 1.35. The van der Waals surface area contributed by atoms with E-state index in [1.807, 2.05) is 42.5 Å². The normalized spacial score (nSPS) is 18.8. The van der Waals surface area contributed by atoms with Gasteiger partial charge in [-0.05, 0) is 22.8 Å². The van der Waals surface area contributed by atoms with E-state index in [4.69, 9.17) is 4.74 Å². The number of methoxy groups -OCH3 is 1. The molecular weight excluding hydrogens is 266 g/mol. The zero-order valence-corrected chi connectivity index (χ0v) is 11.9. The fraction of sp³-hybridized carbons (Fsp3) is 0.294. The van der Waals surface area contributed by atoms with Gasteiger partial charge in [-0.25, -0.2) is 4.79 Å². The maximum Gasteiger partial charge on any atom is 0.410 e. The molecule has 0 bridgehead atoms. The highest BCUT2D eigenvalue weighted by molar-refractivity contribution is 5.95. The second-order valence-electron chi connectivity index (χ2n) is 5.20. The Hall–Kier alpha value is -2.36. The Labute approximate surface area is 123 Å². The van der Waals surface area contributed by atoms with Crippen LogP contribution in [0.1, 0.15) is 24.4 Å². The molecule has 1 heterocycles. The highest BCUT2D eigenvalue weighted by Crippen LogP contribution is 2.33. The number of benzene rings is 2. The van der Waals surface area contributed by atoms with Crippen LogP contribution < -0.4 is 0 Å².